The van der Waals surface area contributed by atoms with Crippen molar-refractivity contribution in [3.8, 4) is 0 Å². The standard InChI is InChI=1S/C14H20BrN5O/c1-2-5-16-14-17-8-11(15)13(18-14)19-6-7-20-10(9-19)3-4-12(20)21/h8,10H,2-7,9H2,1H3,(H,16,17,18). The summed E-state index contributed by atoms with van der Waals surface area (Å²) in [7, 11) is 0. The molecule has 2 fully saturated rings. The van der Waals surface area contributed by atoms with Crippen molar-refractivity contribution in [1.82, 2.24) is 14.9 Å². The second kappa shape index (κ2) is 6.17. The fourth-order valence-electron chi connectivity index (χ4n) is 2.96. The van der Waals surface area contributed by atoms with E-state index in [0.717, 1.165) is 49.3 Å². The van der Waals surface area contributed by atoms with Crippen molar-refractivity contribution in [2.24, 2.45) is 0 Å². The summed E-state index contributed by atoms with van der Waals surface area (Å²) >= 11 is 3.54. The molecule has 1 unspecified atom stereocenters. The van der Waals surface area contributed by atoms with Crippen LogP contribution in [0.3, 0.4) is 0 Å². The quantitative estimate of drug-likeness (QED) is 0.895. The average Bonchev–Trinajstić information content (AvgIpc) is 2.87. The molecule has 21 heavy (non-hydrogen) atoms. The molecule has 2 aliphatic rings. The Labute approximate surface area is 133 Å². The number of piperazine rings is 1. The maximum absolute atomic E-state index is 11.8. The molecule has 0 aromatic carbocycles. The van der Waals surface area contributed by atoms with Gasteiger partial charge in [0.05, 0.1) is 4.47 Å². The zero-order valence-electron chi connectivity index (χ0n) is 12.2. The maximum Gasteiger partial charge on any atom is 0.224 e. The fraction of sp³-hybridized carbons (Fsp3) is 0.643. The molecule has 6 nitrogen and oxygen atoms in total. The highest BCUT2D eigenvalue weighted by Gasteiger charge is 2.36. The number of anilines is 2. The molecule has 7 heteroatoms. The summed E-state index contributed by atoms with van der Waals surface area (Å²) in [5.41, 5.74) is 0. The first-order chi connectivity index (χ1) is 10.2. The van der Waals surface area contributed by atoms with E-state index in [9.17, 15) is 4.79 Å². The number of carbonyl (C=O) groups is 1. The normalized spacial score (nSPS) is 21.6. The van der Waals surface area contributed by atoms with E-state index < -0.39 is 0 Å². The van der Waals surface area contributed by atoms with Crippen molar-refractivity contribution in [3.05, 3.63) is 10.7 Å². The molecule has 0 aliphatic carbocycles. The summed E-state index contributed by atoms with van der Waals surface area (Å²) in [6, 6.07) is 0.333. The predicted molar refractivity (Wildman–Crippen MR) is 85.5 cm³/mol. The first kappa shape index (κ1) is 14.6. The van der Waals surface area contributed by atoms with Crippen molar-refractivity contribution in [1.29, 1.82) is 0 Å². The second-order valence-corrected chi connectivity index (χ2v) is 6.37. The number of carbonyl (C=O) groups excluding carboxylic acids is 1. The number of hydrogen-bond acceptors (Lipinski definition) is 5. The van der Waals surface area contributed by atoms with E-state index in [1.807, 2.05) is 4.90 Å². The van der Waals surface area contributed by atoms with Gasteiger partial charge in [-0.25, -0.2) is 4.98 Å². The SMILES string of the molecule is CCCNc1ncc(Br)c(N2CCN3C(=O)CCC3C2)n1. The Kier molecular flexibility index (Phi) is 4.28. The fourth-order valence-corrected chi connectivity index (χ4v) is 3.40. The van der Waals surface area contributed by atoms with Crippen LogP contribution < -0.4 is 10.2 Å². The van der Waals surface area contributed by atoms with E-state index in [-0.39, 0.29) is 0 Å². The number of rotatable bonds is 4. The number of nitrogens with one attached hydrogen (secondary N) is 1. The first-order valence-corrected chi connectivity index (χ1v) is 8.29. The van der Waals surface area contributed by atoms with E-state index >= 15 is 0 Å². The lowest BCUT2D eigenvalue weighted by atomic mass is 10.1. The van der Waals surface area contributed by atoms with Crippen molar-refractivity contribution in [3.63, 3.8) is 0 Å². The number of fused-ring (bicyclic) bond motifs is 1. The molecule has 1 N–H and O–H groups in total. The summed E-state index contributed by atoms with van der Waals surface area (Å²) < 4.78 is 0.905. The summed E-state index contributed by atoms with van der Waals surface area (Å²) in [6.07, 6.45) is 4.48. The van der Waals surface area contributed by atoms with Crippen molar-refractivity contribution in [2.75, 3.05) is 36.4 Å². The number of halogens is 1. The van der Waals surface area contributed by atoms with E-state index in [4.69, 9.17) is 0 Å². The second-order valence-electron chi connectivity index (χ2n) is 5.52. The lowest BCUT2D eigenvalue weighted by Gasteiger charge is -2.38. The van der Waals surface area contributed by atoms with Gasteiger partial charge in [0.15, 0.2) is 0 Å². The third-order valence-electron chi connectivity index (χ3n) is 4.05. The van der Waals surface area contributed by atoms with Gasteiger partial charge in [-0.1, -0.05) is 6.92 Å². The molecule has 3 rings (SSSR count). The molecule has 2 aliphatic heterocycles. The smallest absolute Gasteiger partial charge is 0.224 e. The van der Waals surface area contributed by atoms with Gasteiger partial charge in [0, 0.05) is 44.8 Å². The summed E-state index contributed by atoms with van der Waals surface area (Å²) in [4.78, 5) is 24.9. The van der Waals surface area contributed by atoms with Crippen LogP contribution >= 0.6 is 15.9 Å². The van der Waals surface area contributed by atoms with Crippen molar-refractivity contribution < 1.29 is 4.79 Å². The third-order valence-corrected chi connectivity index (χ3v) is 4.61. The van der Waals surface area contributed by atoms with Gasteiger partial charge in [-0.3, -0.25) is 4.79 Å². The zero-order valence-corrected chi connectivity index (χ0v) is 13.8. The highest BCUT2D eigenvalue weighted by Crippen LogP contribution is 2.29. The van der Waals surface area contributed by atoms with Gasteiger partial charge in [0.2, 0.25) is 11.9 Å². The van der Waals surface area contributed by atoms with Crippen LogP contribution in [0.4, 0.5) is 11.8 Å². The molecule has 1 atom stereocenters. The Balaban J connectivity index is 1.75. The van der Waals surface area contributed by atoms with Gasteiger partial charge in [-0.2, -0.15) is 4.98 Å². The van der Waals surface area contributed by atoms with Crippen LogP contribution in [0.2, 0.25) is 0 Å². The number of nitrogens with zero attached hydrogens (tertiary/aromatic N) is 4. The Morgan fingerprint density at radius 2 is 2.33 bits per heavy atom. The van der Waals surface area contributed by atoms with Gasteiger partial charge in [0.1, 0.15) is 5.82 Å². The van der Waals surface area contributed by atoms with Crippen molar-refractivity contribution in [2.45, 2.75) is 32.2 Å². The lowest BCUT2D eigenvalue weighted by Crippen LogP contribution is -2.51. The molecule has 0 radical (unpaired) electrons. The average molecular weight is 354 g/mol. The molecule has 3 heterocycles. The maximum atomic E-state index is 11.8. The molecule has 2 saturated heterocycles. The van der Waals surface area contributed by atoms with Crippen LogP contribution in [0.5, 0.6) is 0 Å². The van der Waals surface area contributed by atoms with Crippen LogP contribution in [-0.4, -0.2) is 53.0 Å². The minimum absolute atomic E-state index is 0.298. The number of amides is 1. The number of hydrogen-bond donors (Lipinski definition) is 1. The van der Waals surface area contributed by atoms with E-state index in [1.165, 1.54) is 0 Å². The van der Waals surface area contributed by atoms with Gasteiger partial charge in [0.25, 0.3) is 0 Å². The molecular weight excluding hydrogens is 334 g/mol. The minimum atomic E-state index is 0.298. The zero-order chi connectivity index (χ0) is 14.8. The molecule has 0 saturated carbocycles. The predicted octanol–water partition coefficient (Wildman–Crippen LogP) is 1.87. The van der Waals surface area contributed by atoms with E-state index in [0.29, 0.717) is 24.3 Å². The minimum Gasteiger partial charge on any atom is -0.354 e. The largest absolute Gasteiger partial charge is 0.354 e. The Morgan fingerprint density at radius 3 is 3.14 bits per heavy atom. The Morgan fingerprint density at radius 1 is 1.48 bits per heavy atom. The first-order valence-electron chi connectivity index (χ1n) is 7.50. The monoisotopic (exact) mass is 353 g/mol. The topological polar surface area (TPSA) is 61.4 Å². The van der Waals surface area contributed by atoms with Crippen LogP contribution in [0.25, 0.3) is 0 Å². The van der Waals surface area contributed by atoms with Gasteiger partial charge >= 0.3 is 0 Å². The molecule has 114 valence electrons. The van der Waals surface area contributed by atoms with Gasteiger partial charge in [-0.05, 0) is 28.8 Å². The Hall–Kier alpha value is -1.37. The molecule has 0 spiro atoms. The van der Waals surface area contributed by atoms with Crippen LogP contribution in [-0.2, 0) is 4.79 Å². The van der Waals surface area contributed by atoms with Gasteiger partial charge in [-0.15, -0.1) is 0 Å². The molecule has 1 aromatic rings. The third kappa shape index (κ3) is 2.97. The highest BCUT2D eigenvalue weighted by atomic mass is 79.9. The van der Waals surface area contributed by atoms with Crippen LogP contribution in [0.15, 0.2) is 10.7 Å². The summed E-state index contributed by atoms with van der Waals surface area (Å²) in [5.74, 6) is 1.88. The summed E-state index contributed by atoms with van der Waals surface area (Å²) in [6.45, 7) is 5.45. The molecule has 0 bridgehead atoms. The highest BCUT2D eigenvalue weighted by molar-refractivity contribution is 9.10. The van der Waals surface area contributed by atoms with Crippen LogP contribution in [0, 0.1) is 0 Å². The molecule has 1 amide bonds. The number of aromatic nitrogens is 2. The van der Waals surface area contributed by atoms with E-state index in [1.54, 1.807) is 6.20 Å². The van der Waals surface area contributed by atoms with Crippen LogP contribution in [0.1, 0.15) is 26.2 Å². The Bertz CT molecular complexity index is 538. The summed E-state index contributed by atoms with van der Waals surface area (Å²) in [5, 5.41) is 3.22. The molecular formula is C14H20BrN5O. The van der Waals surface area contributed by atoms with Crippen molar-refractivity contribution >= 4 is 33.6 Å². The molecule has 1 aromatic heterocycles. The van der Waals surface area contributed by atoms with E-state index in [2.05, 4.69) is 43.0 Å². The van der Waals surface area contributed by atoms with Gasteiger partial charge < -0.3 is 15.1 Å². The lowest BCUT2D eigenvalue weighted by molar-refractivity contribution is -0.129.